The molecule has 5 heteroatoms. The van der Waals surface area contributed by atoms with Crippen molar-refractivity contribution >= 4 is 11.8 Å². The van der Waals surface area contributed by atoms with Gasteiger partial charge < -0.3 is 15.0 Å². The van der Waals surface area contributed by atoms with Crippen molar-refractivity contribution in [1.82, 2.24) is 10.2 Å². The molecule has 5 nitrogen and oxygen atoms in total. The average Bonchev–Trinajstić information content (AvgIpc) is 2.36. The predicted octanol–water partition coefficient (Wildman–Crippen LogP) is 2.10. The van der Waals surface area contributed by atoms with E-state index in [0.717, 1.165) is 19.3 Å². The molecule has 0 radical (unpaired) electrons. The van der Waals surface area contributed by atoms with E-state index in [9.17, 15) is 9.59 Å². The number of carbonyl (C=O) groups is 2. The zero-order chi connectivity index (χ0) is 16.0. The van der Waals surface area contributed by atoms with Crippen molar-refractivity contribution in [3.8, 4) is 0 Å². The van der Waals surface area contributed by atoms with E-state index in [1.54, 1.807) is 4.90 Å². The molecule has 0 spiro atoms. The van der Waals surface area contributed by atoms with Crippen LogP contribution < -0.4 is 5.32 Å². The fourth-order valence-electron chi connectivity index (χ4n) is 2.48. The van der Waals surface area contributed by atoms with Crippen molar-refractivity contribution in [3.63, 3.8) is 0 Å². The number of hydrogen-bond acceptors (Lipinski definition) is 3. The predicted molar refractivity (Wildman–Crippen MR) is 83.0 cm³/mol. The van der Waals surface area contributed by atoms with E-state index in [2.05, 4.69) is 5.32 Å². The summed E-state index contributed by atoms with van der Waals surface area (Å²) in [5.74, 6) is -0.0234. The third kappa shape index (κ3) is 6.46. The second-order valence-corrected chi connectivity index (χ2v) is 7.01. The number of amides is 2. The Morgan fingerprint density at radius 2 is 1.95 bits per heavy atom. The Kier molecular flexibility index (Phi) is 6.65. The van der Waals surface area contributed by atoms with E-state index in [1.165, 1.54) is 0 Å². The summed E-state index contributed by atoms with van der Waals surface area (Å²) in [6.07, 6.45) is 3.18. The third-order valence-corrected chi connectivity index (χ3v) is 3.39. The molecule has 0 saturated carbocycles. The Bertz CT molecular complexity index is 361. The highest BCUT2D eigenvalue weighted by molar-refractivity contribution is 5.88. The molecule has 2 amide bonds. The number of carbonyl (C=O) groups excluding carboxylic acids is 2. The van der Waals surface area contributed by atoms with Gasteiger partial charge in [-0.25, -0.2) is 0 Å². The highest BCUT2D eigenvalue weighted by Crippen LogP contribution is 2.19. The zero-order valence-corrected chi connectivity index (χ0v) is 14.1. The van der Waals surface area contributed by atoms with Crippen molar-refractivity contribution in [2.75, 3.05) is 13.2 Å². The lowest BCUT2D eigenvalue weighted by Crippen LogP contribution is -2.55. The number of likely N-dealkylation sites (tertiary alicyclic amines) is 1. The van der Waals surface area contributed by atoms with E-state index in [1.807, 2.05) is 34.6 Å². The van der Waals surface area contributed by atoms with Crippen LogP contribution in [-0.4, -0.2) is 47.6 Å². The molecule has 0 aliphatic carbocycles. The van der Waals surface area contributed by atoms with Crippen LogP contribution in [0.5, 0.6) is 0 Å². The highest BCUT2D eigenvalue weighted by atomic mass is 16.5. The zero-order valence-electron chi connectivity index (χ0n) is 14.1. The van der Waals surface area contributed by atoms with Crippen molar-refractivity contribution in [2.45, 2.75) is 78.0 Å². The Balaban J connectivity index is 2.60. The monoisotopic (exact) mass is 298 g/mol. The number of ether oxygens (including phenoxy) is 1. The molecule has 1 fully saturated rings. The number of piperidine rings is 1. The SMILES string of the molecule is CC(C)OCCC(=O)N1CCCC[C@@H]1C(=O)NC(C)(C)C. The second kappa shape index (κ2) is 7.78. The molecular weight excluding hydrogens is 268 g/mol. The summed E-state index contributed by atoms with van der Waals surface area (Å²) in [7, 11) is 0. The van der Waals surface area contributed by atoms with Gasteiger partial charge in [0.1, 0.15) is 6.04 Å². The van der Waals surface area contributed by atoms with Crippen LogP contribution in [0.3, 0.4) is 0 Å². The molecule has 1 aliphatic heterocycles. The van der Waals surface area contributed by atoms with Crippen LogP contribution in [0, 0.1) is 0 Å². The minimum atomic E-state index is -0.329. The van der Waals surface area contributed by atoms with Gasteiger partial charge in [0.05, 0.1) is 19.1 Å². The first-order valence-corrected chi connectivity index (χ1v) is 7.94. The third-order valence-electron chi connectivity index (χ3n) is 3.39. The summed E-state index contributed by atoms with van der Waals surface area (Å²) < 4.78 is 5.43. The maximum Gasteiger partial charge on any atom is 0.243 e. The lowest BCUT2D eigenvalue weighted by Gasteiger charge is -2.36. The average molecular weight is 298 g/mol. The molecule has 1 aliphatic rings. The number of nitrogens with zero attached hydrogens (tertiary/aromatic N) is 1. The Morgan fingerprint density at radius 1 is 1.29 bits per heavy atom. The fourth-order valence-corrected chi connectivity index (χ4v) is 2.48. The molecule has 1 saturated heterocycles. The molecule has 0 bridgehead atoms. The molecule has 1 N–H and O–H groups in total. The molecule has 0 aromatic rings. The molecule has 122 valence electrons. The summed E-state index contributed by atoms with van der Waals surface area (Å²) in [5, 5.41) is 2.98. The molecule has 0 unspecified atom stereocenters. The van der Waals surface area contributed by atoms with E-state index < -0.39 is 0 Å². The summed E-state index contributed by atoms with van der Waals surface area (Å²) in [6, 6.07) is -0.329. The fraction of sp³-hybridized carbons (Fsp3) is 0.875. The molecule has 1 rings (SSSR count). The van der Waals surface area contributed by atoms with Gasteiger partial charge in [-0.15, -0.1) is 0 Å². The van der Waals surface area contributed by atoms with Gasteiger partial charge >= 0.3 is 0 Å². The Labute approximate surface area is 128 Å². The number of nitrogens with one attached hydrogen (secondary N) is 1. The van der Waals surface area contributed by atoms with Crippen LogP contribution in [0.25, 0.3) is 0 Å². The molecule has 0 aromatic heterocycles. The summed E-state index contributed by atoms with van der Waals surface area (Å²) in [6.45, 7) is 10.8. The van der Waals surface area contributed by atoms with Crippen LogP contribution in [0.15, 0.2) is 0 Å². The molecule has 1 atom stereocenters. The standard InChI is InChI=1S/C16H30N2O3/c1-12(2)21-11-9-14(19)18-10-7-6-8-13(18)15(20)17-16(3,4)5/h12-13H,6-11H2,1-5H3,(H,17,20)/t13-/m1/s1. The van der Waals surface area contributed by atoms with E-state index in [-0.39, 0.29) is 29.5 Å². The van der Waals surface area contributed by atoms with Gasteiger partial charge in [-0.3, -0.25) is 9.59 Å². The Morgan fingerprint density at radius 3 is 2.52 bits per heavy atom. The molecule has 0 aromatic carbocycles. The first kappa shape index (κ1) is 18.0. The largest absolute Gasteiger partial charge is 0.378 e. The van der Waals surface area contributed by atoms with Crippen molar-refractivity contribution in [2.24, 2.45) is 0 Å². The van der Waals surface area contributed by atoms with Crippen LogP contribution in [-0.2, 0) is 14.3 Å². The molecule has 1 heterocycles. The van der Waals surface area contributed by atoms with Crippen molar-refractivity contribution < 1.29 is 14.3 Å². The van der Waals surface area contributed by atoms with Gasteiger partial charge in [-0.1, -0.05) is 0 Å². The Hall–Kier alpha value is -1.10. The first-order valence-electron chi connectivity index (χ1n) is 7.94. The first-order chi connectivity index (χ1) is 9.70. The molecule has 21 heavy (non-hydrogen) atoms. The molecular formula is C16H30N2O3. The van der Waals surface area contributed by atoms with Crippen LogP contribution >= 0.6 is 0 Å². The maximum absolute atomic E-state index is 12.4. The van der Waals surface area contributed by atoms with Crippen LogP contribution in [0.2, 0.25) is 0 Å². The van der Waals surface area contributed by atoms with Gasteiger partial charge in [0.25, 0.3) is 0 Å². The summed E-state index contributed by atoms with van der Waals surface area (Å²) in [4.78, 5) is 26.4. The number of rotatable bonds is 5. The van der Waals surface area contributed by atoms with Crippen LogP contribution in [0.1, 0.15) is 60.3 Å². The lowest BCUT2D eigenvalue weighted by molar-refractivity contribution is -0.144. The minimum Gasteiger partial charge on any atom is -0.378 e. The van der Waals surface area contributed by atoms with Gasteiger partial charge in [0, 0.05) is 12.1 Å². The summed E-state index contributed by atoms with van der Waals surface area (Å²) in [5.41, 5.74) is -0.274. The number of hydrogen-bond donors (Lipinski definition) is 1. The van der Waals surface area contributed by atoms with E-state index in [0.29, 0.717) is 19.6 Å². The normalized spacial score (nSPS) is 19.7. The second-order valence-electron chi connectivity index (χ2n) is 7.01. The quantitative estimate of drug-likeness (QED) is 0.845. The van der Waals surface area contributed by atoms with Gasteiger partial charge in [0.15, 0.2) is 0 Å². The summed E-state index contributed by atoms with van der Waals surface area (Å²) >= 11 is 0. The minimum absolute atomic E-state index is 0.0180. The smallest absolute Gasteiger partial charge is 0.243 e. The van der Waals surface area contributed by atoms with E-state index in [4.69, 9.17) is 4.74 Å². The van der Waals surface area contributed by atoms with Crippen LogP contribution in [0.4, 0.5) is 0 Å². The highest BCUT2D eigenvalue weighted by Gasteiger charge is 2.33. The maximum atomic E-state index is 12.4. The lowest BCUT2D eigenvalue weighted by atomic mass is 9.99. The topological polar surface area (TPSA) is 58.6 Å². The van der Waals surface area contributed by atoms with Crippen molar-refractivity contribution in [3.05, 3.63) is 0 Å². The van der Waals surface area contributed by atoms with E-state index >= 15 is 0 Å². The van der Waals surface area contributed by atoms with Gasteiger partial charge in [-0.05, 0) is 53.9 Å². The van der Waals surface area contributed by atoms with Gasteiger partial charge in [0.2, 0.25) is 11.8 Å². The van der Waals surface area contributed by atoms with Gasteiger partial charge in [-0.2, -0.15) is 0 Å². The van der Waals surface area contributed by atoms with Crippen molar-refractivity contribution in [1.29, 1.82) is 0 Å².